The molecule has 3 nitrogen and oxygen atoms in total. The van der Waals surface area contributed by atoms with Gasteiger partial charge in [0.05, 0.1) is 11.4 Å². The highest BCUT2D eigenvalue weighted by atomic mass is 79.9. The molecular formula is C15H26BrN3. The van der Waals surface area contributed by atoms with E-state index in [0.29, 0.717) is 0 Å². The van der Waals surface area contributed by atoms with Gasteiger partial charge in [-0.15, -0.1) is 0 Å². The van der Waals surface area contributed by atoms with E-state index in [-0.39, 0.29) is 0 Å². The van der Waals surface area contributed by atoms with Crippen LogP contribution in [0.15, 0.2) is 6.07 Å². The fourth-order valence-electron chi connectivity index (χ4n) is 3.05. The monoisotopic (exact) mass is 327 g/mol. The normalized spacial score (nSPS) is 17.3. The Balaban J connectivity index is 2.04. The third kappa shape index (κ3) is 4.06. The number of aryl methyl sites for hydroxylation is 2. The van der Waals surface area contributed by atoms with Gasteiger partial charge in [0.25, 0.3) is 0 Å². The van der Waals surface area contributed by atoms with Crippen LogP contribution in [-0.2, 0) is 20.0 Å². The van der Waals surface area contributed by atoms with Gasteiger partial charge in [-0.3, -0.25) is 9.58 Å². The molecule has 1 fully saturated rings. The standard InChI is InChI=1S/C15H26BrN3/c1-3-13-11-15(18(2)17-13)12-19(10-9-16)14-7-5-4-6-8-14/h11,14H,3-10,12H2,1-2H3. The van der Waals surface area contributed by atoms with Crippen molar-refractivity contribution < 1.29 is 0 Å². The maximum atomic E-state index is 4.57. The van der Waals surface area contributed by atoms with Crippen LogP contribution in [0.5, 0.6) is 0 Å². The summed E-state index contributed by atoms with van der Waals surface area (Å²) in [5, 5.41) is 5.62. The molecule has 4 heteroatoms. The third-order valence-corrected chi connectivity index (χ3v) is 4.57. The van der Waals surface area contributed by atoms with Crippen LogP contribution >= 0.6 is 15.9 Å². The van der Waals surface area contributed by atoms with E-state index in [1.165, 1.54) is 43.5 Å². The van der Waals surface area contributed by atoms with Crippen LogP contribution in [0.2, 0.25) is 0 Å². The van der Waals surface area contributed by atoms with Crippen LogP contribution in [-0.4, -0.2) is 32.6 Å². The quantitative estimate of drug-likeness (QED) is 0.745. The minimum atomic E-state index is 0.770. The van der Waals surface area contributed by atoms with E-state index in [9.17, 15) is 0 Å². The summed E-state index contributed by atoms with van der Waals surface area (Å²) in [6.07, 6.45) is 7.97. The van der Waals surface area contributed by atoms with Crippen molar-refractivity contribution in [3.63, 3.8) is 0 Å². The summed E-state index contributed by atoms with van der Waals surface area (Å²) in [4.78, 5) is 2.64. The molecule has 0 saturated heterocycles. The summed E-state index contributed by atoms with van der Waals surface area (Å²) in [6.45, 7) is 4.35. The molecule has 19 heavy (non-hydrogen) atoms. The lowest BCUT2D eigenvalue weighted by atomic mass is 9.94. The van der Waals surface area contributed by atoms with Gasteiger partial charge in [0.2, 0.25) is 0 Å². The molecule has 1 aliphatic rings. The second-order valence-corrected chi connectivity index (χ2v) is 6.35. The molecule has 0 aliphatic heterocycles. The highest BCUT2D eigenvalue weighted by Gasteiger charge is 2.21. The SMILES string of the molecule is CCc1cc(CN(CCBr)C2CCCCC2)n(C)n1. The number of rotatable bonds is 6. The van der Waals surface area contributed by atoms with E-state index in [2.05, 4.69) is 50.6 Å². The minimum absolute atomic E-state index is 0.770. The molecule has 0 aromatic carbocycles. The molecule has 2 rings (SSSR count). The van der Waals surface area contributed by atoms with Crippen LogP contribution in [0.3, 0.4) is 0 Å². The van der Waals surface area contributed by atoms with Crippen LogP contribution in [0, 0.1) is 0 Å². The number of halogens is 1. The van der Waals surface area contributed by atoms with Crippen LogP contribution in [0.4, 0.5) is 0 Å². The fraction of sp³-hybridized carbons (Fsp3) is 0.800. The van der Waals surface area contributed by atoms with Gasteiger partial charge in [0.1, 0.15) is 0 Å². The Bertz CT molecular complexity index is 383. The Kier molecular flexibility index (Phi) is 5.89. The summed E-state index contributed by atoms with van der Waals surface area (Å²) < 4.78 is 2.06. The first-order valence-corrected chi connectivity index (χ1v) is 8.68. The first-order valence-electron chi connectivity index (χ1n) is 7.56. The predicted molar refractivity (Wildman–Crippen MR) is 83.7 cm³/mol. The van der Waals surface area contributed by atoms with Gasteiger partial charge < -0.3 is 0 Å². The molecule has 0 bridgehead atoms. The van der Waals surface area contributed by atoms with Crippen molar-refractivity contribution in [2.75, 3.05) is 11.9 Å². The number of alkyl halides is 1. The molecule has 1 heterocycles. The van der Waals surface area contributed by atoms with Crippen molar-refractivity contribution in [3.05, 3.63) is 17.5 Å². The maximum absolute atomic E-state index is 4.57. The minimum Gasteiger partial charge on any atom is -0.294 e. The molecule has 1 aromatic rings. The number of hydrogen-bond donors (Lipinski definition) is 0. The topological polar surface area (TPSA) is 21.1 Å². The van der Waals surface area contributed by atoms with E-state index in [0.717, 1.165) is 30.9 Å². The predicted octanol–water partition coefficient (Wildman–Crippen LogP) is 3.51. The molecule has 1 aromatic heterocycles. The summed E-state index contributed by atoms with van der Waals surface area (Å²) in [6, 6.07) is 3.04. The molecule has 0 unspecified atom stereocenters. The Hall–Kier alpha value is -0.350. The Morgan fingerprint density at radius 1 is 1.37 bits per heavy atom. The van der Waals surface area contributed by atoms with Crippen molar-refractivity contribution in [1.29, 1.82) is 0 Å². The molecular weight excluding hydrogens is 302 g/mol. The van der Waals surface area contributed by atoms with E-state index in [4.69, 9.17) is 0 Å². The van der Waals surface area contributed by atoms with Crippen molar-refractivity contribution in [2.24, 2.45) is 7.05 Å². The Morgan fingerprint density at radius 3 is 2.68 bits per heavy atom. The van der Waals surface area contributed by atoms with Gasteiger partial charge >= 0.3 is 0 Å². The van der Waals surface area contributed by atoms with Gasteiger partial charge in [0.15, 0.2) is 0 Å². The van der Waals surface area contributed by atoms with Gasteiger partial charge in [-0.25, -0.2) is 0 Å². The van der Waals surface area contributed by atoms with Crippen LogP contribution in [0.1, 0.15) is 50.4 Å². The fourth-order valence-corrected chi connectivity index (χ4v) is 3.50. The van der Waals surface area contributed by atoms with Gasteiger partial charge in [-0.2, -0.15) is 5.10 Å². The largest absolute Gasteiger partial charge is 0.294 e. The molecule has 0 N–H and O–H groups in total. The molecule has 0 amide bonds. The molecule has 1 saturated carbocycles. The van der Waals surface area contributed by atoms with Crippen molar-refractivity contribution >= 4 is 15.9 Å². The summed E-state index contributed by atoms with van der Waals surface area (Å²) in [5.74, 6) is 0. The van der Waals surface area contributed by atoms with Gasteiger partial charge in [-0.1, -0.05) is 42.1 Å². The first kappa shape index (κ1) is 15.0. The molecule has 0 atom stereocenters. The molecule has 108 valence electrons. The Morgan fingerprint density at radius 2 is 2.11 bits per heavy atom. The zero-order valence-corrected chi connectivity index (χ0v) is 13.8. The summed E-state index contributed by atoms with van der Waals surface area (Å²) in [7, 11) is 2.07. The molecule has 1 aliphatic carbocycles. The second-order valence-electron chi connectivity index (χ2n) is 5.56. The maximum Gasteiger partial charge on any atom is 0.0625 e. The lowest BCUT2D eigenvalue weighted by Crippen LogP contribution is -2.38. The van der Waals surface area contributed by atoms with Crippen molar-refractivity contribution in [3.8, 4) is 0 Å². The smallest absolute Gasteiger partial charge is 0.0625 e. The summed E-state index contributed by atoms with van der Waals surface area (Å²) in [5.41, 5.74) is 2.56. The highest BCUT2D eigenvalue weighted by molar-refractivity contribution is 9.09. The van der Waals surface area contributed by atoms with Crippen LogP contribution in [0.25, 0.3) is 0 Å². The average Bonchev–Trinajstić information content (AvgIpc) is 2.80. The molecule has 0 spiro atoms. The number of hydrogen-bond acceptors (Lipinski definition) is 2. The van der Waals surface area contributed by atoms with E-state index in [1.54, 1.807) is 0 Å². The van der Waals surface area contributed by atoms with E-state index in [1.807, 2.05) is 0 Å². The van der Waals surface area contributed by atoms with Gasteiger partial charge in [-0.05, 0) is 25.3 Å². The lowest BCUT2D eigenvalue weighted by Gasteiger charge is -2.33. The highest BCUT2D eigenvalue weighted by Crippen LogP contribution is 2.24. The zero-order valence-electron chi connectivity index (χ0n) is 12.2. The first-order chi connectivity index (χ1) is 9.24. The zero-order chi connectivity index (χ0) is 13.7. The van der Waals surface area contributed by atoms with E-state index < -0.39 is 0 Å². The van der Waals surface area contributed by atoms with Crippen molar-refractivity contribution in [2.45, 2.75) is 58.0 Å². The molecule has 0 radical (unpaired) electrons. The second kappa shape index (κ2) is 7.44. The van der Waals surface area contributed by atoms with Gasteiger partial charge in [0, 0.05) is 31.5 Å². The number of nitrogens with zero attached hydrogens (tertiary/aromatic N) is 3. The number of aromatic nitrogens is 2. The average molecular weight is 328 g/mol. The van der Waals surface area contributed by atoms with Crippen LogP contribution < -0.4 is 0 Å². The van der Waals surface area contributed by atoms with Crippen molar-refractivity contribution in [1.82, 2.24) is 14.7 Å². The third-order valence-electron chi connectivity index (χ3n) is 4.22. The summed E-state index contributed by atoms with van der Waals surface area (Å²) >= 11 is 3.60. The van der Waals surface area contributed by atoms with E-state index >= 15 is 0 Å². The Labute approximate surface area is 125 Å². The lowest BCUT2D eigenvalue weighted by molar-refractivity contribution is 0.154.